The molecule has 0 unspecified atom stereocenters. The molecule has 4 heteroatoms. The zero-order valence-electron chi connectivity index (χ0n) is 7.36. The second kappa shape index (κ2) is 4.01. The minimum atomic E-state index is 0.119. The molecule has 0 saturated carbocycles. The monoisotopic (exact) mass is 167 g/mol. The van der Waals surface area contributed by atoms with E-state index in [4.69, 9.17) is 5.11 Å². The highest BCUT2D eigenvalue weighted by Crippen LogP contribution is 2.02. The van der Waals surface area contributed by atoms with E-state index >= 15 is 0 Å². The van der Waals surface area contributed by atoms with Crippen molar-refractivity contribution < 1.29 is 5.11 Å². The van der Waals surface area contributed by atoms with Crippen molar-refractivity contribution in [2.45, 2.75) is 6.92 Å². The minimum Gasteiger partial charge on any atom is -0.395 e. The van der Waals surface area contributed by atoms with Gasteiger partial charge >= 0.3 is 0 Å². The molecule has 0 aromatic carbocycles. The first-order valence-electron chi connectivity index (χ1n) is 3.84. The van der Waals surface area contributed by atoms with Crippen molar-refractivity contribution >= 4 is 5.95 Å². The highest BCUT2D eigenvalue weighted by molar-refractivity contribution is 5.27. The van der Waals surface area contributed by atoms with Gasteiger partial charge in [0.25, 0.3) is 0 Å². The first-order chi connectivity index (χ1) is 5.74. The zero-order valence-corrected chi connectivity index (χ0v) is 7.36. The maximum Gasteiger partial charge on any atom is 0.225 e. The first kappa shape index (κ1) is 8.93. The van der Waals surface area contributed by atoms with Gasteiger partial charge in [0.2, 0.25) is 5.95 Å². The summed E-state index contributed by atoms with van der Waals surface area (Å²) in [5.41, 5.74) is 1.04. The molecule has 0 amide bonds. The number of aliphatic hydroxyl groups is 1. The van der Waals surface area contributed by atoms with Gasteiger partial charge in [0.15, 0.2) is 0 Å². The summed E-state index contributed by atoms with van der Waals surface area (Å²) in [6.07, 6.45) is 3.52. The summed E-state index contributed by atoms with van der Waals surface area (Å²) < 4.78 is 0. The second-order valence-corrected chi connectivity index (χ2v) is 2.71. The van der Waals surface area contributed by atoms with E-state index < -0.39 is 0 Å². The van der Waals surface area contributed by atoms with Crippen LogP contribution in [0.4, 0.5) is 5.95 Å². The fourth-order valence-electron chi connectivity index (χ4n) is 0.833. The zero-order chi connectivity index (χ0) is 8.97. The lowest BCUT2D eigenvalue weighted by atomic mass is 10.4. The van der Waals surface area contributed by atoms with Crippen molar-refractivity contribution in [2.75, 3.05) is 25.1 Å². The molecule has 0 aliphatic rings. The summed E-state index contributed by atoms with van der Waals surface area (Å²) in [6, 6.07) is 0. The normalized spacial score (nSPS) is 9.92. The molecule has 0 bridgehead atoms. The Morgan fingerprint density at radius 2 is 2.00 bits per heavy atom. The van der Waals surface area contributed by atoms with Gasteiger partial charge < -0.3 is 10.0 Å². The number of nitrogens with zero attached hydrogens (tertiary/aromatic N) is 3. The van der Waals surface area contributed by atoms with Crippen LogP contribution in [0.1, 0.15) is 5.56 Å². The van der Waals surface area contributed by atoms with Gasteiger partial charge in [-0.3, -0.25) is 0 Å². The van der Waals surface area contributed by atoms with Crippen LogP contribution in [0.15, 0.2) is 12.4 Å². The third-order valence-corrected chi connectivity index (χ3v) is 1.54. The lowest BCUT2D eigenvalue weighted by Gasteiger charge is -2.14. The maximum absolute atomic E-state index is 8.66. The molecule has 1 heterocycles. The lowest BCUT2D eigenvalue weighted by Crippen LogP contribution is -2.23. The summed E-state index contributed by atoms with van der Waals surface area (Å²) in [7, 11) is 1.85. The van der Waals surface area contributed by atoms with E-state index in [1.54, 1.807) is 17.3 Å². The van der Waals surface area contributed by atoms with Gasteiger partial charge in [-0.2, -0.15) is 0 Å². The molecule has 0 atom stereocenters. The summed E-state index contributed by atoms with van der Waals surface area (Å²) in [5, 5.41) is 8.66. The van der Waals surface area contributed by atoms with Crippen molar-refractivity contribution in [2.24, 2.45) is 0 Å². The summed E-state index contributed by atoms with van der Waals surface area (Å²) in [5.74, 6) is 0.648. The van der Waals surface area contributed by atoms with Gasteiger partial charge in [-0.15, -0.1) is 0 Å². The van der Waals surface area contributed by atoms with E-state index in [1.807, 2.05) is 14.0 Å². The van der Waals surface area contributed by atoms with Crippen LogP contribution < -0.4 is 4.90 Å². The fraction of sp³-hybridized carbons (Fsp3) is 0.500. The van der Waals surface area contributed by atoms with Gasteiger partial charge in [-0.1, -0.05) is 0 Å². The average Bonchev–Trinajstić information content (AvgIpc) is 2.06. The molecule has 1 aromatic heterocycles. The number of hydrogen-bond donors (Lipinski definition) is 1. The number of aryl methyl sites for hydroxylation is 1. The van der Waals surface area contributed by atoms with Gasteiger partial charge in [0, 0.05) is 26.0 Å². The quantitative estimate of drug-likeness (QED) is 0.699. The molecule has 0 radical (unpaired) electrons. The smallest absolute Gasteiger partial charge is 0.225 e. The Hall–Kier alpha value is -1.16. The standard InChI is InChI=1S/C8H13N3O/c1-7-5-9-8(10-6-7)11(2)3-4-12/h5-6,12H,3-4H2,1-2H3. The fourth-order valence-corrected chi connectivity index (χ4v) is 0.833. The number of aromatic nitrogens is 2. The molecule has 12 heavy (non-hydrogen) atoms. The number of rotatable bonds is 3. The second-order valence-electron chi connectivity index (χ2n) is 2.71. The molecule has 0 fully saturated rings. The molecule has 0 aliphatic heterocycles. The van der Waals surface area contributed by atoms with E-state index in [1.165, 1.54) is 0 Å². The van der Waals surface area contributed by atoms with Crippen LogP contribution >= 0.6 is 0 Å². The van der Waals surface area contributed by atoms with Crippen molar-refractivity contribution in [3.05, 3.63) is 18.0 Å². The third kappa shape index (κ3) is 2.17. The Morgan fingerprint density at radius 3 is 2.50 bits per heavy atom. The maximum atomic E-state index is 8.66. The lowest BCUT2D eigenvalue weighted by molar-refractivity contribution is 0.303. The Labute approximate surface area is 71.9 Å². The Balaban J connectivity index is 2.68. The van der Waals surface area contributed by atoms with E-state index in [0.29, 0.717) is 12.5 Å². The van der Waals surface area contributed by atoms with Crippen molar-refractivity contribution in [1.29, 1.82) is 0 Å². The van der Waals surface area contributed by atoms with Crippen molar-refractivity contribution in [3.8, 4) is 0 Å². The number of likely N-dealkylation sites (N-methyl/N-ethyl adjacent to an activating group) is 1. The minimum absolute atomic E-state index is 0.119. The average molecular weight is 167 g/mol. The molecule has 1 aromatic rings. The summed E-state index contributed by atoms with van der Waals surface area (Å²) >= 11 is 0. The van der Waals surface area contributed by atoms with Gasteiger partial charge in [-0.25, -0.2) is 9.97 Å². The van der Waals surface area contributed by atoms with Crippen LogP contribution in [0.5, 0.6) is 0 Å². The molecule has 1 rings (SSSR count). The van der Waals surface area contributed by atoms with Crippen LogP contribution in [-0.4, -0.2) is 35.3 Å². The van der Waals surface area contributed by atoms with Crippen LogP contribution in [0.2, 0.25) is 0 Å². The van der Waals surface area contributed by atoms with Crippen LogP contribution in [0, 0.1) is 6.92 Å². The van der Waals surface area contributed by atoms with E-state index in [2.05, 4.69) is 9.97 Å². The summed E-state index contributed by atoms with van der Waals surface area (Å²) in [6.45, 7) is 2.62. The number of anilines is 1. The molecule has 1 N–H and O–H groups in total. The van der Waals surface area contributed by atoms with E-state index in [0.717, 1.165) is 5.56 Å². The third-order valence-electron chi connectivity index (χ3n) is 1.54. The molecule has 66 valence electrons. The Kier molecular flexibility index (Phi) is 2.99. The Morgan fingerprint density at radius 1 is 1.42 bits per heavy atom. The molecule has 0 spiro atoms. The first-order valence-corrected chi connectivity index (χ1v) is 3.84. The van der Waals surface area contributed by atoms with Gasteiger partial charge in [0.05, 0.1) is 6.61 Å². The number of hydrogen-bond acceptors (Lipinski definition) is 4. The molecular weight excluding hydrogens is 154 g/mol. The predicted molar refractivity (Wildman–Crippen MR) is 47.1 cm³/mol. The molecule has 0 saturated heterocycles. The predicted octanol–water partition coefficient (Wildman–Crippen LogP) is 0.214. The van der Waals surface area contributed by atoms with Gasteiger partial charge in [0.1, 0.15) is 0 Å². The Bertz CT molecular complexity index is 235. The van der Waals surface area contributed by atoms with Crippen molar-refractivity contribution in [3.63, 3.8) is 0 Å². The van der Waals surface area contributed by atoms with Crippen LogP contribution in [0.3, 0.4) is 0 Å². The van der Waals surface area contributed by atoms with E-state index in [9.17, 15) is 0 Å². The van der Waals surface area contributed by atoms with Gasteiger partial charge in [-0.05, 0) is 12.5 Å². The van der Waals surface area contributed by atoms with E-state index in [-0.39, 0.29) is 6.61 Å². The topological polar surface area (TPSA) is 49.2 Å². The highest BCUT2D eigenvalue weighted by atomic mass is 16.3. The highest BCUT2D eigenvalue weighted by Gasteiger charge is 2.00. The molecule has 4 nitrogen and oxygen atoms in total. The SMILES string of the molecule is Cc1cnc(N(C)CCO)nc1. The molecule has 0 aliphatic carbocycles. The van der Waals surface area contributed by atoms with Crippen LogP contribution in [-0.2, 0) is 0 Å². The summed E-state index contributed by atoms with van der Waals surface area (Å²) in [4.78, 5) is 10.0. The van der Waals surface area contributed by atoms with Crippen LogP contribution in [0.25, 0.3) is 0 Å². The number of aliphatic hydroxyl groups excluding tert-OH is 1. The largest absolute Gasteiger partial charge is 0.395 e. The van der Waals surface area contributed by atoms with Crippen molar-refractivity contribution in [1.82, 2.24) is 9.97 Å². The molecular formula is C8H13N3O.